The summed E-state index contributed by atoms with van der Waals surface area (Å²) in [5.74, 6) is 1.39. The molecule has 0 spiro atoms. The molecule has 0 saturated heterocycles. The van der Waals surface area contributed by atoms with Crippen molar-refractivity contribution < 1.29 is 4.52 Å². The van der Waals surface area contributed by atoms with Gasteiger partial charge in [0.25, 0.3) is 0 Å². The zero-order valence-corrected chi connectivity index (χ0v) is 11.2. The van der Waals surface area contributed by atoms with Crippen LogP contribution in [0.2, 0.25) is 0 Å². The van der Waals surface area contributed by atoms with Gasteiger partial charge in [-0.3, -0.25) is 0 Å². The Morgan fingerprint density at radius 2 is 1.89 bits per heavy atom. The molecule has 1 heterocycles. The molecule has 0 atom stereocenters. The highest BCUT2D eigenvalue weighted by molar-refractivity contribution is 5.33. The van der Waals surface area contributed by atoms with Crippen LogP contribution in [0.3, 0.4) is 0 Å². The molecule has 0 saturated carbocycles. The van der Waals surface area contributed by atoms with Crippen LogP contribution >= 0.6 is 0 Å². The van der Waals surface area contributed by atoms with Crippen LogP contribution < -0.4 is 5.32 Å². The quantitative estimate of drug-likeness (QED) is 0.821. The Bertz CT molecular complexity index is 499. The van der Waals surface area contributed by atoms with Crippen molar-refractivity contribution in [2.75, 3.05) is 6.54 Å². The molecule has 18 heavy (non-hydrogen) atoms. The molecule has 1 aromatic heterocycles. The number of benzene rings is 1. The van der Waals surface area contributed by atoms with E-state index in [1.54, 1.807) is 6.92 Å². The maximum atomic E-state index is 4.93. The summed E-state index contributed by atoms with van der Waals surface area (Å²) >= 11 is 0. The summed E-state index contributed by atoms with van der Waals surface area (Å²) in [6.07, 6.45) is 0.794. The van der Waals surface area contributed by atoms with E-state index in [4.69, 9.17) is 4.52 Å². The summed E-state index contributed by atoms with van der Waals surface area (Å²) in [4.78, 5) is 4.17. The number of rotatable bonds is 5. The molecule has 0 aliphatic heterocycles. The first-order valence-electron chi connectivity index (χ1n) is 6.22. The molecule has 0 amide bonds. The zero-order valence-electron chi connectivity index (χ0n) is 11.2. The lowest BCUT2D eigenvalue weighted by Crippen LogP contribution is -2.18. The maximum Gasteiger partial charge on any atom is 0.223 e. The maximum absolute atomic E-state index is 4.93. The van der Waals surface area contributed by atoms with E-state index in [1.165, 1.54) is 16.7 Å². The second kappa shape index (κ2) is 5.78. The van der Waals surface area contributed by atoms with Gasteiger partial charge in [0.1, 0.15) is 0 Å². The fourth-order valence-corrected chi connectivity index (χ4v) is 1.98. The SMILES string of the molecule is Cc1nc(CCNCc2c(C)cccc2C)no1. The van der Waals surface area contributed by atoms with Crippen molar-refractivity contribution in [1.82, 2.24) is 15.5 Å². The summed E-state index contributed by atoms with van der Waals surface area (Å²) in [7, 11) is 0. The highest BCUT2D eigenvalue weighted by Gasteiger charge is 2.03. The number of hydrogen-bond acceptors (Lipinski definition) is 4. The van der Waals surface area contributed by atoms with Gasteiger partial charge >= 0.3 is 0 Å². The molecule has 0 aliphatic rings. The summed E-state index contributed by atoms with van der Waals surface area (Å²) in [5, 5.41) is 7.29. The van der Waals surface area contributed by atoms with Crippen LogP contribution in [0.15, 0.2) is 22.7 Å². The van der Waals surface area contributed by atoms with Crippen molar-refractivity contribution in [3.8, 4) is 0 Å². The van der Waals surface area contributed by atoms with Gasteiger partial charge in [0, 0.05) is 26.4 Å². The Morgan fingerprint density at radius 3 is 2.50 bits per heavy atom. The molecule has 4 heteroatoms. The van der Waals surface area contributed by atoms with Gasteiger partial charge in [-0.2, -0.15) is 4.98 Å². The first-order valence-corrected chi connectivity index (χ1v) is 6.22. The lowest BCUT2D eigenvalue weighted by Gasteiger charge is -2.10. The molecule has 96 valence electrons. The highest BCUT2D eigenvalue weighted by Crippen LogP contribution is 2.12. The van der Waals surface area contributed by atoms with Crippen molar-refractivity contribution in [1.29, 1.82) is 0 Å². The Labute approximate surface area is 107 Å². The van der Waals surface area contributed by atoms with Gasteiger partial charge in [-0.25, -0.2) is 0 Å². The first kappa shape index (κ1) is 12.8. The largest absolute Gasteiger partial charge is 0.340 e. The number of hydrogen-bond donors (Lipinski definition) is 1. The molecule has 4 nitrogen and oxygen atoms in total. The van der Waals surface area contributed by atoms with Crippen LogP contribution in [0.5, 0.6) is 0 Å². The third-order valence-electron chi connectivity index (χ3n) is 3.04. The fraction of sp³-hybridized carbons (Fsp3) is 0.429. The van der Waals surface area contributed by atoms with Crippen molar-refractivity contribution in [3.05, 3.63) is 46.6 Å². The van der Waals surface area contributed by atoms with Crippen molar-refractivity contribution in [3.63, 3.8) is 0 Å². The third-order valence-corrected chi connectivity index (χ3v) is 3.04. The Morgan fingerprint density at radius 1 is 1.17 bits per heavy atom. The van der Waals surface area contributed by atoms with E-state index in [2.05, 4.69) is 47.5 Å². The summed E-state index contributed by atoms with van der Waals surface area (Å²) < 4.78 is 4.93. The molecule has 2 rings (SSSR count). The van der Waals surface area contributed by atoms with Crippen LogP contribution in [0.25, 0.3) is 0 Å². The van der Waals surface area contributed by atoms with Gasteiger partial charge in [0.2, 0.25) is 5.89 Å². The average Bonchev–Trinajstić information content (AvgIpc) is 2.73. The minimum atomic E-state index is 0.625. The molecule has 0 fully saturated rings. The summed E-state index contributed by atoms with van der Waals surface area (Å²) in [6.45, 7) is 7.84. The number of aryl methyl sites for hydroxylation is 3. The van der Waals surface area contributed by atoms with Crippen LogP contribution in [-0.2, 0) is 13.0 Å². The molecule has 0 unspecified atom stereocenters. The minimum Gasteiger partial charge on any atom is -0.340 e. The van der Waals surface area contributed by atoms with E-state index < -0.39 is 0 Å². The van der Waals surface area contributed by atoms with Crippen LogP contribution in [0.1, 0.15) is 28.4 Å². The molecule has 1 N–H and O–H groups in total. The topological polar surface area (TPSA) is 51.0 Å². The number of nitrogens with zero attached hydrogens (tertiary/aromatic N) is 2. The zero-order chi connectivity index (χ0) is 13.0. The molecule has 0 aliphatic carbocycles. The van der Waals surface area contributed by atoms with Gasteiger partial charge in [-0.05, 0) is 30.5 Å². The van der Waals surface area contributed by atoms with E-state index in [9.17, 15) is 0 Å². The number of aromatic nitrogens is 2. The average molecular weight is 245 g/mol. The fourth-order valence-electron chi connectivity index (χ4n) is 1.98. The highest BCUT2D eigenvalue weighted by atomic mass is 16.5. The lowest BCUT2D eigenvalue weighted by molar-refractivity contribution is 0.387. The summed E-state index contributed by atoms with van der Waals surface area (Å²) in [5.41, 5.74) is 4.04. The Balaban J connectivity index is 1.82. The third kappa shape index (κ3) is 3.17. The number of nitrogens with one attached hydrogen (secondary N) is 1. The predicted molar refractivity (Wildman–Crippen MR) is 70.4 cm³/mol. The minimum absolute atomic E-state index is 0.625. The van der Waals surface area contributed by atoms with Crippen LogP contribution in [0.4, 0.5) is 0 Å². The molecule has 0 radical (unpaired) electrons. The van der Waals surface area contributed by atoms with E-state index in [1.807, 2.05) is 0 Å². The molecular formula is C14H19N3O. The van der Waals surface area contributed by atoms with E-state index >= 15 is 0 Å². The van der Waals surface area contributed by atoms with E-state index in [0.717, 1.165) is 25.3 Å². The van der Waals surface area contributed by atoms with Crippen LogP contribution in [-0.4, -0.2) is 16.7 Å². The second-order valence-corrected chi connectivity index (χ2v) is 4.53. The van der Waals surface area contributed by atoms with Crippen molar-refractivity contribution >= 4 is 0 Å². The van der Waals surface area contributed by atoms with Crippen molar-refractivity contribution in [2.45, 2.75) is 33.7 Å². The normalized spacial score (nSPS) is 10.8. The lowest BCUT2D eigenvalue weighted by atomic mass is 10.0. The Kier molecular flexibility index (Phi) is 4.10. The molecule has 2 aromatic rings. The second-order valence-electron chi connectivity index (χ2n) is 4.53. The van der Waals surface area contributed by atoms with Gasteiger partial charge in [-0.15, -0.1) is 0 Å². The van der Waals surface area contributed by atoms with Crippen LogP contribution in [0, 0.1) is 20.8 Å². The van der Waals surface area contributed by atoms with E-state index in [-0.39, 0.29) is 0 Å². The summed E-state index contributed by atoms with van der Waals surface area (Å²) in [6, 6.07) is 6.38. The van der Waals surface area contributed by atoms with E-state index in [0.29, 0.717) is 5.89 Å². The standard InChI is InChI=1S/C14H19N3O/c1-10-5-4-6-11(2)13(10)9-15-8-7-14-16-12(3)18-17-14/h4-6,15H,7-9H2,1-3H3. The van der Waals surface area contributed by atoms with Gasteiger partial charge in [0.05, 0.1) is 0 Å². The first-order chi connectivity index (χ1) is 8.66. The van der Waals surface area contributed by atoms with Gasteiger partial charge in [0.15, 0.2) is 5.82 Å². The molecule has 1 aromatic carbocycles. The monoisotopic (exact) mass is 245 g/mol. The molecular weight excluding hydrogens is 226 g/mol. The predicted octanol–water partition coefficient (Wildman–Crippen LogP) is 2.33. The Hall–Kier alpha value is -1.68. The van der Waals surface area contributed by atoms with Crippen molar-refractivity contribution in [2.24, 2.45) is 0 Å². The van der Waals surface area contributed by atoms with Gasteiger partial charge < -0.3 is 9.84 Å². The molecule has 0 bridgehead atoms. The van der Waals surface area contributed by atoms with Gasteiger partial charge in [-0.1, -0.05) is 23.4 Å². The smallest absolute Gasteiger partial charge is 0.223 e.